The number of hydrogen-bond donors (Lipinski definition) is 1. The highest BCUT2D eigenvalue weighted by molar-refractivity contribution is 4.61. The maximum atomic E-state index is 12.0. The van der Waals surface area contributed by atoms with Gasteiger partial charge in [0.1, 0.15) is 0 Å². The van der Waals surface area contributed by atoms with Crippen molar-refractivity contribution in [1.29, 1.82) is 0 Å². The highest BCUT2D eigenvalue weighted by Gasteiger charge is 2.29. The van der Waals surface area contributed by atoms with Gasteiger partial charge in [0.05, 0.1) is 6.54 Å². The van der Waals surface area contributed by atoms with Gasteiger partial charge in [-0.05, 0) is 32.4 Å². The minimum absolute atomic E-state index is 0.116. The van der Waals surface area contributed by atoms with E-state index in [-0.39, 0.29) is 6.61 Å². The van der Waals surface area contributed by atoms with E-state index in [0.717, 1.165) is 6.42 Å². The predicted octanol–water partition coefficient (Wildman–Crippen LogP) is 2.03. The van der Waals surface area contributed by atoms with E-state index in [0.29, 0.717) is 25.9 Å². The fraction of sp³-hybridized carbons (Fsp3) is 1.00. The van der Waals surface area contributed by atoms with Crippen LogP contribution in [0.1, 0.15) is 26.2 Å². The van der Waals surface area contributed by atoms with E-state index < -0.39 is 12.7 Å². The molecule has 0 aromatic rings. The van der Waals surface area contributed by atoms with Gasteiger partial charge >= 0.3 is 6.18 Å². The minimum atomic E-state index is -4.10. The number of hydrogen-bond acceptors (Lipinski definition) is 2. The van der Waals surface area contributed by atoms with E-state index in [4.69, 9.17) is 5.11 Å². The van der Waals surface area contributed by atoms with Crippen molar-refractivity contribution in [1.82, 2.24) is 4.90 Å². The Kier molecular flexibility index (Phi) is 6.92. The maximum Gasteiger partial charge on any atom is 0.401 e. The van der Waals surface area contributed by atoms with Crippen LogP contribution in [0.5, 0.6) is 0 Å². The van der Waals surface area contributed by atoms with Crippen LogP contribution in [0, 0.1) is 0 Å². The van der Waals surface area contributed by atoms with Gasteiger partial charge in [-0.15, -0.1) is 0 Å². The summed E-state index contributed by atoms with van der Waals surface area (Å²) in [6, 6.07) is 0. The monoisotopic (exact) mass is 213 g/mol. The third-order valence-corrected chi connectivity index (χ3v) is 1.98. The molecule has 0 amide bonds. The van der Waals surface area contributed by atoms with E-state index in [9.17, 15) is 13.2 Å². The average molecular weight is 213 g/mol. The van der Waals surface area contributed by atoms with Gasteiger partial charge in [0.15, 0.2) is 0 Å². The Labute approximate surface area is 82.7 Å². The molecule has 0 saturated heterocycles. The Morgan fingerprint density at radius 2 is 1.79 bits per heavy atom. The Balaban J connectivity index is 3.58. The molecule has 0 unspecified atom stereocenters. The summed E-state index contributed by atoms with van der Waals surface area (Å²) in [5, 5.41) is 8.48. The van der Waals surface area contributed by atoms with Crippen molar-refractivity contribution in [3.8, 4) is 0 Å². The molecule has 0 atom stereocenters. The number of alkyl halides is 3. The van der Waals surface area contributed by atoms with Gasteiger partial charge in [-0.2, -0.15) is 13.2 Å². The van der Waals surface area contributed by atoms with Gasteiger partial charge in [-0.25, -0.2) is 0 Å². The molecule has 0 radical (unpaired) electrons. The molecule has 0 rings (SSSR count). The fourth-order valence-corrected chi connectivity index (χ4v) is 1.23. The standard InChI is InChI=1S/C9H18F3NO/c1-2-13(8-9(10,11)12)6-4-3-5-7-14/h14H,2-8H2,1H3. The largest absolute Gasteiger partial charge is 0.401 e. The zero-order chi connectivity index (χ0) is 11.0. The first-order valence-corrected chi connectivity index (χ1v) is 4.89. The predicted molar refractivity (Wildman–Crippen MR) is 49.1 cm³/mol. The van der Waals surface area contributed by atoms with Crippen molar-refractivity contribution in [2.45, 2.75) is 32.4 Å². The molecule has 0 fully saturated rings. The Hall–Kier alpha value is -0.290. The molecule has 2 nitrogen and oxygen atoms in total. The van der Waals surface area contributed by atoms with Crippen LogP contribution in [0.15, 0.2) is 0 Å². The Bertz CT molecular complexity index is 139. The van der Waals surface area contributed by atoms with Crippen molar-refractivity contribution in [2.24, 2.45) is 0 Å². The number of aliphatic hydroxyl groups is 1. The lowest BCUT2D eigenvalue weighted by Crippen LogP contribution is -2.34. The summed E-state index contributed by atoms with van der Waals surface area (Å²) in [4.78, 5) is 1.37. The highest BCUT2D eigenvalue weighted by Crippen LogP contribution is 2.16. The SMILES string of the molecule is CCN(CCCCCO)CC(F)(F)F. The molecule has 0 aliphatic carbocycles. The maximum absolute atomic E-state index is 12.0. The molecule has 0 aliphatic rings. The molecule has 0 aromatic heterocycles. The van der Waals surface area contributed by atoms with Crippen LogP contribution in [-0.4, -0.2) is 42.4 Å². The van der Waals surface area contributed by atoms with Crippen LogP contribution >= 0.6 is 0 Å². The van der Waals surface area contributed by atoms with Crippen LogP contribution < -0.4 is 0 Å². The van der Waals surface area contributed by atoms with Crippen LogP contribution in [-0.2, 0) is 0 Å². The number of unbranched alkanes of at least 4 members (excludes halogenated alkanes) is 2. The van der Waals surface area contributed by atoms with Gasteiger partial charge in [0.2, 0.25) is 0 Å². The van der Waals surface area contributed by atoms with Gasteiger partial charge in [-0.3, -0.25) is 4.90 Å². The van der Waals surface area contributed by atoms with Crippen LogP contribution in [0.25, 0.3) is 0 Å². The molecule has 1 N–H and O–H groups in total. The second-order valence-electron chi connectivity index (χ2n) is 3.27. The van der Waals surface area contributed by atoms with Crippen molar-refractivity contribution in [3.05, 3.63) is 0 Å². The summed E-state index contributed by atoms with van der Waals surface area (Å²) in [7, 11) is 0. The minimum Gasteiger partial charge on any atom is -0.396 e. The molecule has 0 aromatic carbocycles. The van der Waals surface area contributed by atoms with Crippen molar-refractivity contribution < 1.29 is 18.3 Å². The first kappa shape index (κ1) is 13.7. The quantitative estimate of drug-likeness (QED) is 0.654. The highest BCUT2D eigenvalue weighted by atomic mass is 19.4. The summed E-state index contributed by atoms with van der Waals surface area (Å²) in [6.07, 6.45) is -1.94. The van der Waals surface area contributed by atoms with E-state index in [1.54, 1.807) is 6.92 Å². The number of rotatable bonds is 7. The molecular weight excluding hydrogens is 195 g/mol. The topological polar surface area (TPSA) is 23.5 Å². The zero-order valence-corrected chi connectivity index (χ0v) is 8.48. The van der Waals surface area contributed by atoms with Gasteiger partial charge in [0.25, 0.3) is 0 Å². The lowest BCUT2D eigenvalue weighted by molar-refractivity contribution is -0.145. The first-order valence-electron chi connectivity index (χ1n) is 4.89. The molecule has 14 heavy (non-hydrogen) atoms. The van der Waals surface area contributed by atoms with E-state index >= 15 is 0 Å². The third-order valence-electron chi connectivity index (χ3n) is 1.98. The third kappa shape index (κ3) is 8.31. The van der Waals surface area contributed by atoms with Gasteiger partial charge < -0.3 is 5.11 Å². The van der Waals surface area contributed by atoms with E-state index in [2.05, 4.69) is 0 Å². The lowest BCUT2D eigenvalue weighted by Gasteiger charge is -2.21. The number of nitrogens with zero attached hydrogens (tertiary/aromatic N) is 1. The fourth-order valence-electron chi connectivity index (χ4n) is 1.23. The second kappa shape index (κ2) is 7.06. The number of aliphatic hydroxyl groups excluding tert-OH is 1. The van der Waals surface area contributed by atoms with E-state index in [1.807, 2.05) is 0 Å². The van der Waals surface area contributed by atoms with E-state index in [1.165, 1.54) is 4.90 Å². The van der Waals surface area contributed by atoms with Crippen LogP contribution in [0.4, 0.5) is 13.2 Å². The van der Waals surface area contributed by atoms with Gasteiger partial charge in [-0.1, -0.05) is 6.92 Å². The van der Waals surface area contributed by atoms with Crippen molar-refractivity contribution in [3.63, 3.8) is 0 Å². The smallest absolute Gasteiger partial charge is 0.396 e. The molecule has 0 aliphatic heterocycles. The normalized spacial score (nSPS) is 12.4. The Morgan fingerprint density at radius 3 is 2.21 bits per heavy atom. The second-order valence-corrected chi connectivity index (χ2v) is 3.27. The lowest BCUT2D eigenvalue weighted by atomic mass is 10.2. The van der Waals surface area contributed by atoms with Crippen LogP contribution in [0.2, 0.25) is 0 Å². The molecule has 5 heteroatoms. The summed E-state index contributed by atoms with van der Waals surface area (Å²) >= 11 is 0. The molecular formula is C9H18F3NO. The van der Waals surface area contributed by atoms with Crippen LogP contribution in [0.3, 0.4) is 0 Å². The number of halogens is 3. The zero-order valence-electron chi connectivity index (χ0n) is 8.48. The summed E-state index contributed by atoms with van der Waals surface area (Å²) in [6.45, 7) is 1.88. The first-order chi connectivity index (χ1) is 6.49. The molecule has 86 valence electrons. The molecule has 0 heterocycles. The summed E-state index contributed by atoms with van der Waals surface area (Å²) < 4.78 is 36.0. The molecule has 0 spiro atoms. The van der Waals surface area contributed by atoms with Crippen molar-refractivity contribution in [2.75, 3.05) is 26.2 Å². The molecule has 0 saturated carbocycles. The van der Waals surface area contributed by atoms with Crippen molar-refractivity contribution >= 4 is 0 Å². The summed E-state index contributed by atoms with van der Waals surface area (Å²) in [5.74, 6) is 0. The van der Waals surface area contributed by atoms with Gasteiger partial charge in [0, 0.05) is 6.61 Å². The summed E-state index contributed by atoms with van der Waals surface area (Å²) in [5.41, 5.74) is 0. The average Bonchev–Trinajstić information content (AvgIpc) is 2.08. The molecule has 0 bridgehead atoms. The Morgan fingerprint density at radius 1 is 1.14 bits per heavy atom.